The summed E-state index contributed by atoms with van der Waals surface area (Å²) in [6.45, 7) is 6.00. The first-order valence-electron chi connectivity index (χ1n) is 7.79. The van der Waals surface area contributed by atoms with Crippen LogP contribution in [0.15, 0.2) is 52.9 Å². The summed E-state index contributed by atoms with van der Waals surface area (Å²) in [4.78, 5) is 14.5. The van der Waals surface area contributed by atoms with Gasteiger partial charge in [-0.25, -0.2) is 0 Å². The number of nitrogens with zero attached hydrogens (tertiary/aromatic N) is 1. The maximum Gasteiger partial charge on any atom is 0.254 e. The molecule has 0 radical (unpaired) electrons. The Kier molecular flexibility index (Phi) is 3.95. The highest BCUT2D eigenvalue weighted by Crippen LogP contribution is 2.27. The van der Waals surface area contributed by atoms with Crippen molar-refractivity contribution in [3.8, 4) is 0 Å². The highest BCUT2D eigenvalue weighted by atomic mass is 16.3. The van der Waals surface area contributed by atoms with Gasteiger partial charge in [0.25, 0.3) is 5.91 Å². The number of rotatable bonds is 3. The van der Waals surface area contributed by atoms with Crippen molar-refractivity contribution in [1.82, 2.24) is 4.90 Å². The molecule has 0 fully saturated rings. The van der Waals surface area contributed by atoms with E-state index < -0.39 is 0 Å². The van der Waals surface area contributed by atoms with Crippen LogP contribution in [0.5, 0.6) is 0 Å². The quantitative estimate of drug-likeness (QED) is 0.690. The largest absolute Gasteiger partial charge is 0.459 e. The molecular formula is C20H21NO2. The van der Waals surface area contributed by atoms with Crippen molar-refractivity contribution in [2.45, 2.75) is 26.8 Å². The number of carbonyl (C=O) groups is 1. The fourth-order valence-corrected chi connectivity index (χ4v) is 2.88. The Morgan fingerprint density at radius 1 is 1.04 bits per heavy atom. The molecule has 1 aromatic heterocycles. The lowest BCUT2D eigenvalue weighted by molar-refractivity contribution is 0.0727. The summed E-state index contributed by atoms with van der Waals surface area (Å²) in [5.41, 5.74) is 3.76. The molecule has 0 aliphatic rings. The minimum Gasteiger partial charge on any atom is -0.459 e. The van der Waals surface area contributed by atoms with Crippen LogP contribution in [-0.2, 0) is 0 Å². The van der Waals surface area contributed by atoms with Crippen LogP contribution in [0, 0.1) is 13.8 Å². The maximum atomic E-state index is 12.8. The zero-order chi connectivity index (χ0) is 16.6. The second kappa shape index (κ2) is 5.92. The molecule has 1 amide bonds. The molecule has 0 spiro atoms. The smallest absolute Gasteiger partial charge is 0.254 e. The topological polar surface area (TPSA) is 33.5 Å². The van der Waals surface area contributed by atoms with Crippen molar-refractivity contribution in [2.24, 2.45) is 0 Å². The van der Waals surface area contributed by atoms with Crippen LogP contribution >= 0.6 is 0 Å². The third-order valence-corrected chi connectivity index (χ3v) is 4.23. The number of hydrogen-bond acceptors (Lipinski definition) is 2. The third-order valence-electron chi connectivity index (χ3n) is 4.23. The number of fused-ring (bicyclic) bond motifs is 1. The predicted molar refractivity (Wildman–Crippen MR) is 92.6 cm³/mol. The molecule has 0 bridgehead atoms. The first kappa shape index (κ1) is 15.3. The summed E-state index contributed by atoms with van der Waals surface area (Å²) >= 11 is 0. The van der Waals surface area contributed by atoms with Gasteiger partial charge in [-0.15, -0.1) is 0 Å². The molecule has 0 aliphatic heterocycles. The number of furan rings is 1. The van der Waals surface area contributed by atoms with Gasteiger partial charge >= 0.3 is 0 Å². The Labute approximate surface area is 136 Å². The summed E-state index contributed by atoms with van der Waals surface area (Å²) in [6.07, 6.45) is 0. The van der Waals surface area contributed by atoms with Crippen molar-refractivity contribution in [2.75, 3.05) is 7.05 Å². The molecule has 3 nitrogen and oxygen atoms in total. The van der Waals surface area contributed by atoms with Crippen LogP contribution in [0.25, 0.3) is 11.0 Å². The van der Waals surface area contributed by atoms with Gasteiger partial charge in [0, 0.05) is 18.0 Å². The van der Waals surface area contributed by atoms with E-state index in [1.54, 1.807) is 4.90 Å². The van der Waals surface area contributed by atoms with Gasteiger partial charge in [-0.2, -0.15) is 0 Å². The lowest BCUT2D eigenvalue weighted by Crippen LogP contribution is -2.29. The molecular weight excluding hydrogens is 286 g/mol. The van der Waals surface area contributed by atoms with E-state index in [2.05, 4.69) is 6.07 Å². The van der Waals surface area contributed by atoms with E-state index in [4.69, 9.17) is 4.42 Å². The zero-order valence-electron chi connectivity index (χ0n) is 14.0. The van der Waals surface area contributed by atoms with Gasteiger partial charge in [-0.05, 0) is 45.0 Å². The van der Waals surface area contributed by atoms with Crippen molar-refractivity contribution in [1.29, 1.82) is 0 Å². The van der Waals surface area contributed by atoms with E-state index in [0.29, 0.717) is 5.56 Å². The van der Waals surface area contributed by atoms with E-state index in [9.17, 15) is 4.79 Å². The van der Waals surface area contributed by atoms with Crippen molar-refractivity contribution in [3.05, 3.63) is 71.0 Å². The van der Waals surface area contributed by atoms with Crippen LogP contribution in [0.2, 0.25) is 0 Å². The minimum atomic E-state index is -0.129. The number of amides is 1. The Balaban J connectivity index is 1.88. The maximum absolute atomic E-state index is 12.8. The van der Waals surface area contributed by atoms with Crippen LogP contribution < -0.4 is 0 Å². The average Bonchev–Trinajstić information content (AvgIpc) is 2.95. The predicted octanol–water partition coefficient (Wildman–Crippen LogP) is 4.88. The Morgan fingerprint density at radius 3 is 2.35 bits per heavy atom. The molecule has 1 unspecified atom stereocenters. The molecule has 1 atom stereocenters. The molecule has 1 heterocycles. The van der Waals surface area contributed by atoms with Gasteiger partial charge in [0.1, 0.15) is 11.3 Å². The highest BCUT2D eigenvalue weighted by molar-refractivity contribution is 5.94. The fraction of sp³-hybridized carbons (Fsp3) is 0.250. The van der Waals surface area contributed by atoms with E-state index in [1.807, 2.05) is 70.3 Å². The molecule has 2 aromatic carbocycles. The van der Waals surface area contributed by atoms with Crippen LogP contribution in [0.1, 0.15) is 40.2 Å². The molecule has 0 saturated carbocycles. The average molecular weight is 307 g/mol. The number of aryl methyl sites for hydroxylation is 2. The molecule has 3 rings (SSSR count). The number of hydrogen-bond donors (Lipinski definition) is 0. The molecule has 0 aliphatic carbocycles. The van der Waals surface area contributed by atoms with Gasteiger partial charge in [0.05, 0.1) is 6.04 Å². The zero-order valence-corrected chi connectivity index (χ0v) is 14.0. The Hall–Kier alpha value is -2.55. The number of benzene rings is 2. The molecule has 0 saturated heterocycles. The first-order chi connectivity index (χ1) is 11.0. The lowest BCUT2D eigenvalue weighted by Gasteiger charge is -2.23. The number of carbonyl (C=O) groups excluding carboxylic acids is 1. The molecule has 3 heteroatoms. The second-order valence-electron chi connectivity index (χ2n) is 6.16. The van der Waals surface area contributed by atoms with Gasteiger partial charge in [-0.1, -0.05) is 35.4 Å². The summed E-state index contributed by atoms with van der Waals surface area (Å²) in [5, 5.41) is 1.06. The van der Waals surface area contributed by atoms with Gasteiger partial charge in [0.15, 0.2) is 0 Å². The van der Waals surface area contributed by atoms with Crippen molar-refractivity contribution < 1.29 is 9.21 Å². The fourth-order valence-electron chi connectivity index (χ4n) is 2.88. The van der Waals surface area contributed by atoms with Crippen molar-refractivity contribution in [3.63, 3.8) is 0 Å². The summed E-state index contributed by atoms with van der Waals surface area (Å²) in [6, 6.07) is 15.7. The SMILES string of the molecule is Cc1cc(C)cc(C(=O)N(C)C(C)c2cc3ccccc3o2)c1. The van der Waals surface area contributed by atoms with Crippen LogP contribution in [0.3, 0.4) is 0 Å². The van der Waals surface area contributed by atoms with Crippen LogP contribution in [-0.4, -0.2) is 17.9 Å². The van der Waals surface area contributed by atoms with Gasteiger partial charge < -0.3 is 9.32 Å². The summed E-state index contributed by atoms with van der Waals surface area (Å²) in [7, 11) is 1.82. The Morgan fingerprint density at radius 2 is 1.70 bits per heavy atom. The van der Waals surface area contributed by atoms with E-state index in [1.165, 1.54) is 0 Å². The molecule has 118 valence electrons. The van der Waals surface area contributed by atoms with E-state index in [0.717, 1.165) is 27.9 Å². The van der Waals surface area contributed by atoms with Crippen LogP contribution in [0.4, 0.5) is 0 Å². The minimum absolute atomic E-state index is 0.00440. The van der Waals surface area contributed by atoms with Gasteiger partial charge in [-0.3, -0.25) is 4.79 Å². The monoisotopic (exact) mass is 307 g/mol. The van der Waals surface area contributed by atoms with Crippen molar-refractivity contribution >= 4 is 16.9 Å². The molecule has 0 N–H and O–H groups in total. The lowest BCUT2D eigenvalue weighted by atomic mass is 10.1. The van der Waals surface area contributed by atoms with E-state index >= 15 is 0 Å². The standard InChI is InChI=1S/C20H21NO2/c1-13-9-14(2)11-17(10-13)20(22)21(4)15(3)19-12-16-7-5-6-8-18(16)23-19/h5-12,15H,1-4H3. The summed E-state index contributed by atoms with van der Waals surface area (Å²) in [5.74, 6) is 0.802. The number of para-hydroxylation sites is 1. The summed E-state index contributed by atoms with van der Waals surface area (Å²) < 4.78 is 5.89. The van der Waals surface area contributed by atoms with E-state index in [-0.39, 0.29) is 11.9 Å². The highest BCUT2D eigenvalue weighted by Gasteiger charge is 2.22. The normalized spacial score (nSPS) is 12.3. The molecule has 3 aromatic rings. The van der Waals surface area contributed by atoms with Gasteiger partial charge in [0.2, 0.25) is 0 Å². The third kappa shape index (κ3) is 3.00. The molecule has 23 heavy (non-hydrogen) atoms. The first-order valence-corrected chi connectivity index (χ1v) is 7.79. The second-order valence-corrected chi connectivity index (χ2v) is 6.16. The Bertz CT molecular complexity index is 810.